The van der Waals surface area contributed by atoms with Gasteiger partial charge in [0.1, 0.15) is 24.4 Å². The zero-order chi connectivity index (χ0) is 9.38. The van der Waals surface area contributed by atoms with Crippen molar-refractivity contribution in [2.45, 2.75) is 18.9 Å². The van der Waals surface area contributed by atoms with Crippen LogP contribution in [0.25, 0.3) is 12.2 Å². The Morgan fingerprint density at radius 2 is 2.21 bits per heavy atom. The van der Waals surface area contributed by atoms with Crippen molar-refractivity contribution in [1.29, 1.82) is 0 Å². The summed E-state index contributed by atoms with van der Waals surface area (Å²) >= 11 is 0. The molecule has 1 fully saturated rings. The van der Waals surface area contributed by atoms with Crippen LogP contribution in [0.15, 0.2) is 10.7 Å². The molecular formula is C11H12O3. The zero-order valence-corrected chi connectivity index (χ0v) is 7.86. The number of rotatable bonds is 3. The summed E-state index contributed by atoms with van der Waals surface area (Å²) in [6.45, 7) is 1.47. The Kier molecular flexibility index (Phi) is 1.84. The molecule has 2 heterocycles. The molecule has 1 saturated heterocycles. The minimum absolute atomic E-state index is 0.299. The number of furan rings is 1. The van der Waals surface area contributed by atoms with Crippen LogP contribution in [-0.4, -0.2) is 19.3 Å². The van der Waals surface area contributed by atoms with Gasteiger partial charge in [0, 0.05) is 0 Å². The molecule has 2 aliphatic rings. The molecule has 0 N–H and O–H groups in total. The Morgan fingerprint density at radius 1 is 1.36 bits per heavy atom. The first-order valence-corrected chi connectivity index (χ1v) is 4.96. The lowest BCUT2D eigenvalue weighted by molar-refractivity contribution is 0.260. The topological polar surface area (TPSA) is 34.9 Å². The first kappa shape index (κ1) is 8.12. The van der Waals surface area contributed by atoms with Gasteiger partial charge >= 0.3 is 0 Å². The standard InChI is InChI=1S/C11H12O3/c1-2-4-10-9(3-1)11(7-14-10)13-6-8-5-12-8/h3-4,7-8H,1-2,5-6H2. The van der Waals surface area contributed by atoms with Gasteiger partial charge in [0.05, 0.1) is 11.8 Å². The quantitative estimate of drug-likeness (QED) is 0.651. The Bertz CT molecular complexity index is 440. The first-order chi connectivity index (χ1) is 6.93. The van der Waals surface area contributed by atoms with Crippen LogP contribution in [0.1, 0.15) is 12.8 Å². The molecule has 3 rings (SSSR count). The lowest BCUT2D eigenvalue weighted by Gasteiger charge is -2.00. The van der Waals surface area contributed by atoms with Gasteiger partial charge in [-0.3, -0.25) is 0 Å². The third-order valence-corrected chi connectivity index (χ3v) is 2.50. The summed E-state index contributed by atoms with van der Waals surface area (Å²) in [6.07, 6.45) is 8.39. The number of hydrogen-bond acceptors (Lipinski definition) is 3. The van der Waals surface area contributed by atoms with Crippen molar-refractivity contribution in [3.8, 4) is 5.75 Å². The lowest BCUT2D eigenvalue weighted by atomic mass is 10.2. The second-order valence-corrected chi connectivity index (χ2v) is 3.63. The number of epoxide rings is 1. The predicted molar refractivity (Wildman–Crippen MR) is 51.4 cm³/mol. The van der Waals surface area contributed by atoms with Crippen LogP contribution in [0.5, 0.6) is 5.75 Å². The summed E-state index contributed by atoms with van der Waals surface area (Å²) in [5.74, 6) is 0.853. The van der Waals surface area contributed by atoms with Gasteiger partial charge in [0.2, 0.25) is 0 Å². The van der Waals surface area contributed by atoms with E-state index in [2.05, 4.69) is 12.2 Å². The van der Waals surface area contributed by atoms with E-state index in [4.69, 9.17) is 13.9 Å². The molecule has 0 radical (unpaired) electrons. The summed E-state index contributed by atoms with van der Waals surface area (Å²) in [4.78, 5) is 0. The van der Waals surface area contributed by atoms with Gasteiger partial charge in [-0.1, -0.05) is 6.08 Å². The fraction of sp³-hybridized carbons (Fsp3) is 0.455. The third kappa shape index (κ3) is 1.44. The van der Waals surface area contributed by atoms with Crippen molar-refractivity contribution in [2.24, 2.45) is 0 Å². The fourth-order valence-corrected chi connectivity index (χ4v) is 1.63. The Hall–Kier alpha value is -1.22. The van der Waals surface area contributed by atoms with Crippen molar-refractivity contribution in [2.75, 3.05) is 13.2 Å². The van der Waals surface area contributed by atoms with Crippen molar-refractivity contribution >= 4 is 12.2 Å². The van der Waals surface area contributed by atoms with E-state index in [1.807, 2.05) is 0 Å². The minimum atomic E-state index is 0.299. The minimum Gasteiger partial charge on any atom is -0.487 e. The average Bonchev–Trinajstić information content (AvgIpc) is 2.96. The summed E-state index contributed by atoms with van der Waals surface area (Å²) in [5.41, 5.74) is 0.947. The summed E-state index contributed by atoms with van der Waals surface area (Å²) in [6, 6.07) is 0. The molecule has 14 heavy (non-hydrogen) atoms. The van der Waals surface area contributed by atoms with Crippen LogP contribution in [0.4, 0.5) is 0 Å². The maximum atomic E-state index is 5.60. The number of fused-ring (bicyclic) bond motifs is 1. The van der Waals surface area contributed by atoms with Gasteiger partial charge in [-0.05, 0) is 18.9 Å². The monoisotopic (exact) mass is 192 g/mol. The third-order valence-electron chi connectivity index (χ3n) is 2.50. The maximum absolute atomic E-state index is 5.60. The number of ether oxygens (including phenoxy) is 2. The van der Waals surface area contributed by atoms with Crippen LogP contribution in [0.3, 0.4) is 0 Å². The van der Waals surface area contributed by atoms with Gasteiger partial charge in [0.15, 0.2) is 5.75 Å². The van der Waals surface area contributed by atoms with Crippen LogP contribution in [0.2, 0.25) is 0 Å². The smallest absolute Gasteiger partial charge is 0.165 e. The average molecular weight is 192 g/mol. The van der Waals surface area contributed by atoms with Crippen LogP contribution in [-0.2, 0) is 4.74 Å². The molecule has 1 aliphatic carbocycles. The summed E-state index contributed by atoms with van der Waals surface area (Å²) < 4.78 is 16.1. The Morgan fingerprint density at radius 3 is 3.07 bits per heavy atom. The normalized spacial score (nSPS) is 23.3. The van der Waals surface area contributed by atoms with Crippen LogP contribution >= 0.6 is 0 Å². The van der Waals surface area contributed by atoms with E-state index in [1.165, 1.54) is 0 Å². The molecule has 1 aromatic heterocycles. The van der Waals surface area contributed by atoms with E-state index in [9.17, 15) is 0 Å². The Labute approximate surface area is 81.6 Å². The van der Waals surface area contributed by atoms with E-state index in [-0.39, 0.29) is 0 Å². The largest absolute Gasteiger partial charge is 0.487 e. The molecule has 1 unspecified atom stereocenters. The van der Waals surface area contributed by atoms with E-state index < -0.39 is 0 Å². The molecule has 1 atom stereocenters. The van der Waals surface area contributed by atoms with E-state index in [0.29, 0.717) is 12.7 Å². The van der Waals surface area contributed by atoms with Crippen LogP contribution in [0, 0.1) is 0 Å². The fourth-order valence-electron chi connectivity index (χ4n) is 1.63. The van der Waals surface area contributed by atoms with Crippen molar-refractivity contribution in [3.63, 3.8) is 0 Å². The van der Waals surface area contributed by atoms with Gasteiger partial charge in [-0.15, -0.1) is 0 Å². The molecule has 3 nitrogen and oxygen atoms in total. The highest BCUT2D eigenvalue weighted by Gasteiger charge is 2.23. The molecule has 0 bridgehead atoms. The predicted octanol–water partition coefficient (Wildman–Crippen LogP) is 0.412. The highest BCUT2D eigenvalue weighted by atomic mass is 16.6. The highest BCUT2D eigenvalue weighted by Crippen LogP contribution is 2.11. The van der Waals surface area contributed by atoms with E-state index in [0.717, 1.165) is 35.8 Å². The summed E-state index contributed by atoms with van der Waals surface area (Å²) in [5, 5.41) is 1.11. The molecule has 0 amide bonds. The van der Waals surface area contributed by atoms with Gasteiger partial charge < -0.3 is 13.9 Å². The van der Waals surface area contributed by atoms with E-state index in [1.54, 1.807) is 6.26 Å². The molecule has 0 spiro atoms. The van der Waals surface area contributed by atoms with Gasteiger partial charge in [-0.25, -0.2) is 0 Å². The SMILES string of the molecule is C1=c2occ(OCC3CO3)c2=CCC1. The van der Waals surface area contributed by atoms with Crippen molar-refractivity contribution < 1.29 is 13.9 Å². The van der Waals surface area contributed by atoms with Gasteiger partial charge in [-0.2, -0.15) is 0 Å². The number of hydrogen-bond donors (Lipinski definition) is 0. The molecule has 74 valence electrons. The molecule has 3 heteroatoms. The van der Waals surface area contributed by atoms with Crippen LogP contribution < -0.4 is 15.4 Å². The maximum Gasteiger partial charge on any atom is 0.165 e. The van der Waals surface area contributed by atoms with E-state index >= 15 is 0 Å². The molecule has 0 aromatic carbocycles. The second-order valence-electron chi connectivity index (χ2n) is 3.63. The van der Waals surface area contributed by atoms with Gasteiger partial charge in [0.25, 0.3) is 0 Å². The molecular weight excluding hydrogens is 180 g/mol. The summed E-state index contributed by atoms with van der Waals surface area (Å²) in [7, 11) is 0. The highest BCUT2D eigenvalue weighted by molar-refractivity contribution is 5.40. The lowest BCUT2D eigenvalue weighted by Crippen LogP contribution is -2.24. The second kappa shape index (κ2) is 3.17. The molecule has 1 aliphatic heterocycles. The zero-order valence-electron chi connectivity index (χ0n) is 7.86. The van der Waals surface area contributed by atoms with Crippen molar-refractivity contribution in [3.05, 3.63) is 16.9 Å². The van der Waals surface area contributed by atoms with Crippen molar-refractivity contribution in [1.82, 2.24) is 0 Å². The first-order valence-electron chi connectivity index (χ1n) is 4.96. The molecule has 1 aromatic rings. The molecule has 0 saturated carbocycles. The Balaban J connectivity index is 1.87.